The summed E-state index contributed by atoms with van der Waals surface area (Å²) in [6.45, 7) is 2.31. The molecular formula is C13H16FNO. The summed E-state index contributed by atoms with van der Waals surface area (Å²) in [5.74, 6) is 2.71. The highest BCUT2D eigenvalue weighted by molar-refractivity contribution is 5.30. The van der Waals surface area contributed by atoms with Gasteiger partial charge < -0.3 is 10.1 Å². The van der Waals surface area contributed by atoms with Crippen molar-refractivity contribution in [2.75, 3.05) is 13.7 Å². The first-order chi connectivity index (χ1) is 7.69. The van der Waals surface area contributed by atoms with E-state index >= 15 is 0 Å². The lowest BCUT2D eigenvalue weighted by Gasteiger charge is -2.12. The first kappa shape index (κ1) is 12.5. The molecule has 16 heavy (non-hydrogen) atoms. The molecule has 0 heterocycles. The van der Waals surface area contributed by atoms with Crippen LogP contribution in [-0.4, -0.2) is 13.7 Å². The average Bonchev–Trinajstić information content (AvgIpc) is 2.29. The van der Waals surface area contributed by atoms with E-state index in [0.717, 1.165) is 0 Å². The Balaban J connectivity index is 2.71. The molecule has 0 fully saturated rings. The molecule has 3 heteroatoms. The fraction of sp³-hybridized carbons (Fsp3) is 0.385. The number of hydrogen-bond donors (Lipinski definition) is 1. The predicted octanol–water partition coefficient (Wildman–Crippen LogP) is 2.51. The highest BCUT2D eigenvalue weighted by atomic mass is 19.1. The molecule has 1 unspecified atom stereocenters. The Bertz CT molecular complexity index is 384. The van der Waals surface area contributed by atoms with Gasteiger partial charge >= 0.3 is 0 Å². The maximum Gasteiger partial charge on any atom is 0.131 e. The molecule has 1 aromatic rings. The molecule has 0 bridgehead atoms. The first-order valence-corrected chi connectivity index (χ1v) is 5.22. The number of terminal acetylenes is 1. The molecule has 0 saturated carbocycles. The van der Waals surface area contributed by atoms with Crippen molar-refractivity contribution in [2.45, 2.75) is 19.4 Å². The molecule has 0 spiro atoms. The zero-order valence-electron chi connectivity index (χ0n) is 9.59. The van der Waals surface area contributed by atoms with Crippen molar-refractivity contribution in [3.05, 3.63) is 29.6 Å². The number of hydrogen-bond acceptors (Lipinski definition) is 2. The summed E-state index contributed by atoms with van der Waals surface area (Å²) >= 11 is 0. The fourth-order valence-corrected chi connectivity index (χ4v) is 1.33. The van der Waals surface area contributed by atoms with E-state index in [0.29, 0.717) is 24.3 Å². The van der Waals surface area contributed by atoms with Gasteiger partial charge in [0.15, 0.2) is 0 Å². The topological polar surface area (TPSA) is 21.3 Å². The smallest absolute Gasteiger partial charge is 0.131 e. The van der Waals surface area contributed by atoms with Gasteiger partial charge in [-0.15, -0.1) is 12.3 Å². The van der Waals surface area contributed by atoms with E-state index in [2.05, 4.69) is 11.2 Å². The van der Waals surface area contributed by atoms with Crippen LogP contribution < -0.4 is 10.1 Å². The third-order valence-electron chi connectivity index (χ3n) is 2.39. The number of halogens is 1. The van der Waals surface area contributed by atoms with E-state index in [9.17, 15) is 4.39 Å². The normalized spacial score (nSPS) is 11.9. The van der Waals surface area contributed by atoms with Gasteiger partial charge in [0.25, 0.3) is 0 Å². The molecular weight excluding hydrogens is 205 g/mol. The van der Waals surface area contributed by atoms with Gasteiger partial charge in [-0.05, 0) is 20.0 Å². The van der Waals surface area contributed by atoms with Gasteiger partial charge in [0.2, 0.25) is 0 Å². The van der Waals surface area contributed by atoms with Crippen LogP contribution in [0.1, 0.15) is 24.9 Å². The maximum atomic E-state index is 13.6. The van der Waals surface area contributed by atoms with Crippen LogP contribution in [0.2, 0.25) is 0 Å². The van der Waals surface area contributed by atoms with Gasteiger partial charge in [0, 0.05) is 24.1 Å². The summed E-state index contributed by atoms with van der Waals surface area (Å²) in [5, 5.41) is 2.99. The van der Waals surface area contributed by atoms with Crippen LogP contribution in [0, 0.1) is 18.2 Å². The minimum atomic E-state index is -0.264. The molecule has 2 nitrogen and oxygen atoms in total. The van der Waals surface area contributed by atoms with E-state index in [-0.39, 0.29) is 11.9 Å². The van der Waals surface area contributed by atoms with Crippen molar-refractivity contribution in [1.29, 1.82) is 0 Å². The second-order valence-corrected chi connectivity index (χ2v) is 3.50. The van der Waals surface area contributed by atoms with Crippen LogP contribution in [0.25, 0.3) is 0 Å². The molecule has 86 valence electrons. The Labute approximate surface area is 95.8 Å². The van der Waals surface area contributed by atoms with Gasteiger partial charge in [-0.2, -0.15) is 0 Å². The Morgan fingerprint density at radius 1 is 1.56 bits per heavy atom. The van der Waals surface area contributed by atoms with Crippen LogP contribution in [0.15, 0.2) is 18.2 Å². The number of benzene rings is 1. The number of ether oxygens (including phenoxy) is 1. The van der Waals surface area contributed by atoms with Crippen molar-refractivity contribution in [3.8, 4) is 18.1 Å². The van der Waals surface area contributed by atoms with Crippen molar-refractivity contribution in [2.24, 2.45) is 0 Å². The Kier molecular flexibility index (Phi) is 4.81. The predicted molar refractivity (Wildman–Crippen MR) is 62.8 cm³/mol. The van der Waals surface area contributed by atoms with Gasteiger partial charge in [0.05, 0.1) is 6.61 Å². The van der Waals surface area contributed by atoms with Crippen LogP contribution >= 0.6 is 0 Å². The van der Waals surface area contributed by atoms with E-state index in [1.165, 1.54) is 6.07 Å². The van der Waals surface area contributed by atoms with Crippen molar-refractivity contribution < 1.29 is 9.13 Å². The number of nitrogens with one attached hydrogen (secondary N) is 1. The van der Waals surface area contributed by atoms with Crippen molar-refractivity contribution in [1.82, 2.24) is 5.32 Å². The lowest BCUT2D eigenvalue weighted by atomic mass is 10.1. The molecule has 0 amide bonds. The van der Waals surface area contributed by atoms with Gasteiger partial charge in [-0.1, -0.05) is 6.07 Å². The number of rotatable bonds is 5. The SMILES string of the molecule is C#CCCOc1ccc(C(C)NC)c(F)c1. The minimum absolute atomic E-state index is 0.0141. The van der Waals surface area contributed by atoms with Gasteiger partial charge in [-0.25, -0.2) is 4.39 Å². The van der Waals surface area contributed by atoms with E-state index in [1.807, 2.05) is 6.92 Å². The summed E-state index contributed by atoms with van der Waals surface area (Å²) in [6.07, 6.45) is 5.62. The van der Waals surface area contributed by atoms with Crippen molar-refractivity contribution in [3.63, 3.8) is 0 Å². The summed E-state index contributed by atoms with van der Waals surface area (Å²) < 4.78 is 18.9. The summed E-state index contributed by atoms with van der Waals surface area (Å²) in [5.41, 5.74) is 0.631. The van der Waals surface area contributed by atoms with E-state index in [4.69, 9.17) is 11.2 Å². The van der Waals surface area contributed by atoms with Crippen LogP contribution in [0.4, 0.5) is 4.39 Å². The largest absolute Gasteiger partial charge is 0.492 e. The molecule has 0 aliphatic rings. The molecule has 0 aliphatic heterocycles. The zero-order chi connectivity index (χ0) is 12.0. The average molecular weight is 221 g/mol. The molecule has 0 radical (unpaired) electrons. The maximum absolute atomic E-state index is 13.6. The molecule has 0 saturated heterocycles. The molecule has 1 N–H and O–H groups in total. The quantitative estimate of drug-likeness (QED) is 0.609. The Morgan fingerprint density at radius 2 is 2.31 bits per heavy atom. The van der Waals surface area contributed by atoms with Crippen LogP contribution in [-0.2, 0) is 0 Å². The summed E-state index contributed by atoms with van der Waals surface area (Å²) in [6, 6.07) is 4.85. The lowest BCUT2D eigenvalue weighted by Crippen LogP contribution is -2.13. The van der Waals surface area contributed by atoms with Crippen LogP contribution in [0.5, 0.6) is 5.75 Å². The zero-order valence-corrected chi connectivity index (χ0v) is 9.59. The highest BCUT2D eigenvalue weighted by Gasteiger charge is 2.09. The van der Waals surface area contributed by atoms with Gasteiger partial charge in [-0.3, -0.25) is 0 Å². The highest BCUT2D eigenvalue weighted by Crippen LogP contribution is 2.21. The second-order valence-electron chi connectivity index (χ2n) is 3.50. The summed E-state index contributed by atoms with van der Waals surface area (Å²) in [4.78, 5) is 0. The van der Waals surface area contributed by atoms with Crippen molar-refractivity contribution >= 4 is 0 Å². The molecule has 0 aliphatic carbocycles. The standard InChI is InChI=1S/C13H16FNO/c1-4-5-8-16-11-6-7-12(10(2)15-3)13(14)9-11/h1,6-7,9-10,15H,5,8H2,2-3H3. The Hall–Kier alpha value is -1.53. The molecule has 1 aromatic carbocycles. The fourth-order valence-electron chi connectivity index (χ4n) is 1.33. The monoisotopic (exact) mass is 221 g/mol. The lowest BCUT2D eigenvalue weighted by molar-refractivity contribution is 0.325. The summed E-state index contributed by atoms with van der Waals surface area (Å²) in [7, 11) is 1.79. The second kappa shape index (κ2) is 6.14. The first-order valence-electron chi connectivity index (χ1n) is 5.22. The Morgan fingerprint density at radius 3 is 2.88 bits per heavy atom. The van der Waals surface area contributed by atoms with Gasteiger partial charge in [0.1, 0.15) is 11.6 Å². The molecule has 1 atom stereocenters. The third kappa shape index (κ3) is 3.25. The van der Waals surface area contributed by atoms with E-state index < -0.39 is 0 Å². The minimum Gasteiger partial charge on any atom is -0.492 e. The third-order valence-corrected chi connectivity index (χ3v) is 2.39. The molecule has 1 rings (SSSR count). The van der Waals surface area contributed by atoms with Crippen LogP contribution in [0.3, 0.4) is 0 Å². The van der Waals surface area contributed by atoms with E-state index in [1.54, 1.807) is 19.2 Å². The molecule has 0 aromatic heterocycles.